The number of sulfonamides is 1. The number of nitrogens with one attached hydrogen (secondary N) is 1. The van der Waals surface area contributed by atoms with Gasteiger partial charge in [0.2, 0.25) is 10.0 Å². The van der Waals surface area contributed by atoms with Crippen LogP contribution in [0.3, 0.4) is 0 Å². The fourth-order valence-corrected chi connectivity index (χ4v) is 4.31. The first-order valence-corrected chi connectivity index (χ1v) is 8.41. The van der Waals surface area contributed by atoms with E-state index in [0.717, 1.165) is 6.54 Å². The average molecular weight is 367 g/mol. The molecule has 2 rings (SSSR count). The molecule has 0 spiro atoms. The van der Waals surface area contributed by atoms with Crippen LogP contribution in [0.25, 0.3) is 0 Å². The molecule has 112 valence electrons. The Bertz CT molecular complexity index is 609. The van der Waals surface area contributed by atoms with E-state index in [9.17, 15) is 12.8 Å². The van der Waals surface area contributed by atoms with Crippen molar-refractivity contribution in [2.45, 2.75) is 24.0 Å². The summed E-state index contributed by atoms with van der Waals surface area (Å²) < 4.78 is 41.5. The Balaban J connectivity index is 2.32. The smallest absolute Gasteiger partial charge is 0.243 e. The molecule has 1 saturated heterocycles. The van der Waals surface area contributed by atoms with E-state index < -0.39 is 27.3 Å². The van der Waals surface area contributed by atoms with Crippen molar-refractivity contribution in [1.82, 2.24) is 9.62 Å². The molecule has 1 atom stereocenters. The van der Waals surface area contributed by atoms with Gasteiger partial charge < -0.3 is 10.0 Å². The van der Waals surface area contributed by atoms with Gasteiger partial charge in [-0.25, -0.2) is 17.5 Å². The summed E-state index contributed by atoms with van der Waals surface area (Å²) in [5, 5.41) is 9.07. The van der Waals surface area contributed by atoms with Crippen LogP contribution in [0.15, 0.2) is 21.5 Å². The molecule has 0 aliphatic carbocycles. The highest BCUT2D eigenvalue weighted by Gasteiger charge is 2.28. The van der Waals surface area contributed by atoms with Crippen molar-refractivity contribution in [2.24, 2.45) is 0 Å². The van der Waals surface area contributed by atoms with Crippen LogP contribution in [0.1, 0.15) is 12.0 Å². The molecule has 5 nitrogen and oxygen atoms in total. The van der Waals surface area contributed by atoms with E-state index in [-0.39, 0.29) is 11.6 Å². The molecule has 0 saturated carbocycles. The van der Waals surface area contributed by atoms with Gasteiger partial charge in [-0.3, -0.25) is 0 Å². The van der Waals surface area contributed by atoms with Crippen LogP contribution in [0.4, 0.5) is 4.39 Å². The number of hydrogen-bond acceptors (Lipinski definition) is 4. The van der Waals surface area contributed by atoms with Gasteiger partial charge in [-0.15, -0.1) is 0 Å². The van der Waals surface area contributed by atoms with Crippen LogP contribution in [0.2, 0.25) is 0 Å². The van der Waals surface area contributed by atoms with E-state index in [1.165, 1.54) is 12.1 Å². The van der Waals surface area contributed by atoms with E-state index >= 15 is 0 Å². The molecular formula is C12H16BrFN2O3S. The fourth-order valence-electron chi connectivity index (χ4n) is 2.24. The van der Waals surface area contributed by atoms with Crippen molar-refractivity contribution in [1.29, 1.82) is 0 Å². The van der Waals surface area contributed by atoms with E-state index in [0.29, 0.717) is 17.4 Å². The van der Waals surface area contributed by atoms with Gasteiger partial charge >= 0.3 is 0 Å². The Kier molecular flexibility index (Phi) is 4.80. The zero-order valence-corrected chi connectivity index (χ0v) is 13.3. The summed E-state index contributed by atoms with van der Waals surface area (Å²) in [6, 6.07) is 2.34. The molecule has 1 heterocycles. The maximum atomic E-state index is 14.1. The number of aliphatic hydroxyl groups excluding tert-OH is 1. The minimum absolute atomic E-state index is 0.0525. The molecule has 1 aliphatic heterocycles. The van der Waals surface area contributed by atoms with Crippen LogP contribution in [-0.4, -0.2) is 44.6 Å². The second kappa shape index (κ2) is 6.07. The van der Waals surface area contributed by atoms with Crippen LogP contribution in [-0.2, 0) is 16.6 Å². The fraction of sp³-hybridized carbons (Fsp3) is 0.500. The third kappa shape index (κ3) is 3.37. The van der Waals surface area contributed by atoms with Crippen molar-refractivity contribution in [2.75, 3.05) is 20.1 Å². The summed E-state index contributed by atoms with van der Waals surface area (Å²) in [7, 11) is -2.05. The number of halogens is 2. The summed E-state index contributed by atoms with van der Waals surface area (Å²) in [6.07, 6.45) is 0.693. The summed E-state index contributed by atoms with van der Waals surface area (Å²) in [5.41, 5.74) is -0.0525. The van der Waals surface area contributed by atoms with Crippen molar-refractivity contribution < 1.29 is 17.9 Å². The van der Waals surface area contributed by atoms with Gasteiger partial charge in [0.25, 0.3) is 0 Å². The molecule has 2 N–H and O–H groups in total. The van der Waals surface area contributed by atoms with Crippen molar-refractivity contribution >= 4 is 26.0 Å². The predicted molar refractivity (Wildman–Crippen MR) is 76.2 cm³/mol. The quantitative estimate of drug-likeness (QED) is 0.835. The largest absolute Gasteiger partial charge is 0.392 e. The number of likely N-dealkylation sites (N-methyl/N-ethyl adjacent to an activating group) is 1. The summed E-state index contributed by atoms with van der Waals surface area (Å²) >= 11 is 3.12. The lowest BCUT2D eigenvalue weighted by molar-refractivity contribution is 0.274. The molecular weight excluding hydrogens is 351 g/mol. The highest BCUT2D eigenvalue weighted by molar-refractivity contribution is 9.10. The van der Waals surface area contributed by atoms with Crippen LogP contribution >= 0.6 is 15.9 Å². The standard InChI is InChI=1S/C12H16BrFN2O3S/c1-16-3-2-10(6-16)15-20(18,19)11-5-9(13)4-8(7-17)12(11)14/h4-5,10,15,17H,2-3,6-7H2,1H3. The maximum Gasteiger partial charge on any atom is 0.243 e. The second-order valence-electron chi connectivity index (χ2n) is 4.90. The number of benzene rings is 1. The van der Waals surface area contributed by atoms with Crippen molar-refractivity contribution in [3.8, 4) is 0 Å². The molecule has 0 bridgehead atoms. The topological polar surface area (TPSA) is 69.6 Å². The zero-order chi connectivity index (χ0) is 14.9. The van der Waals surface area contributed by atoms with E-state index in [4.69, 9.17) is 5.11 Å². The van der Waals surface area contributed by atoms with Crippen LogP contribution in [0.5, 0.6) is 0 Å². The lowest BCUT2D eigenvalue weighted by Crippen LogP contribution is -2.37. The SMILES string of the molecule is CN1CCC(NS(=O)(=O)c2cc(Br)cc(CO)c2F)C1. The first-order valence-electron chi connectivity index (χ1n) is 6.13. The van der Waals surface area contributed by atoms with Crippen molar-refractivity contribution in [3.05, 3.63) is 28.0 Å². The molecule has 1 fully saturated rings. The highest BCUT2D eigenvalue weighted by atomic mass is 79.9. The Labute approximate surface area is 126 Å². The minimum Gasteiger partial charge on any atom is -0.392 e. The molecule has 1 aromatic rings. The number of rotatable bonds is 4. The van der Waals surface area contributed by atoms with Gasteiger partial charge in [0.15, 0.2) is 0 Å². The highest BCUT2D eigenvalue weighted by Crippen LogP contribution is 2.25. The Morgan fingerprint density at radius 2 is 2.25 bits per heavy atom. The lowest BCUT2D eigenvalue weighted by Gasteiger charge is -2.15. The lowest BCUT2D eigenvalue weighted by atomic mass is 10.2. The van der Waals surface area contributed by atoms with Gasteiger partial charge in [-0.1, -0.05) is 15.9 Å². The van der Waals surface area contributed by atoms with Gasteiger partial charge in [-0.05, 0) is 32.1 Å². The maximum absolute atomic E-state index is 14.1. The molecule has 1 aromatic carbocycles. The number of hydrogen-bond donors (Lipinski definition) is 2. The number of aliphatic hydroxyl groups is 1. The monoisotopic (exact) mass is 366 g/mol. The normalized spacial score (nSPS) is 20.5. The average Bonchev–Trinajstić information content (AvgIpc) is 2.76. The van der Waals surface area contributed by atoms with Gasteiger partial charge in [0.05, 0.1) is 6.61 Å². The van der Waals surface area contributed by atoms with Gasteiger partial charge in [0.1, 0.15) is 10.7 Å². The Morgan fingerprint density at radius 3 is 2.80 bits per heavy atom. The Morgan fingerprint density at radius 1 is 1.55 bits per heavy atom. The molecule has 0 aromatic heterocycles. The first kappa shape index (κ1) is 15.8. The number of likely N-dealkylation sites (tertiary alicyclic amines) is 1. The minimum atomic E-state index is -3.95. The summed E-state index contributed by atoms with van der Waals surface area (Å²) in [6.45, 7) is 0.845. The van der Waals surface area contributed by atoms with Gasteiger partial charge in [-0.2, -0.15) is 0 Å². The van der Waals surface area contributed by atoms with Crippen LogP contribution < -0.4 is 4.72 Å². The second-order valence-corrected chi connectivity index (χ2v) is 7.50. The third-order valence-electron chi connectivity index (χ3n) is 3.25. The molecule has 0 amide bonds. The van der Waals surface area contributed by atoms with E-state index in [1.54, 1.807) is 0 Å². The predicted octanol–water partition coefficient (Wildman–Crippen LogP) is 1.06. The third-order valence-corrected chi connectivity index (χ3v) is 5.23. The molecule has 20 heavy (non-hydrogen) atoms. The van der Waals surface area contributed by atoms with E-state index in [1.807, 2.05) is 11.9 Å². The summed E-state index contributed by atoms with van der Waals surface area (Å²) in [4.78, 5) is 1.56. The van der Waals surface area contributed by atoms with E-state index in [2.05, 4.69) is 20.7 Å². The molecule has 8 heteroatoms. The van der Waals surface area contributed by atoms with Gasteiger partial charge in [0, 0.05) is 22.6 Å². The molecule has 0 radical (unpaired) electrons. The van der Waals surface area contributed by atoms with Crippen LogP contribution in [0, 0.1) is 5.82 Å². The first-order chi connectivity index (χ1) is 9.33. The summed E-state index contributed by atoms with van der Waals surface area (Å²) in [5.74, 6) is -0.908. The molecule has 1 aliphatic rings. The molecule has 1 unspecified atom stereocenters. The number of nitrogens with zero attached hydrogens (tertiary/aromatic N) is 1. The Hall–Kier alpha value is -0.540. The van der Waals surface area contributed by atoms with Crippen molar-refractivity contribution in [3.63, 3.8) is 0 Å². The zero-order valence-electron chi connectivity index (χ0n) is 10.9.